The predicted molar refractivity (Wildman–Crippen MR) is 121 cm³/mol. The van der Waals surface area contributed by atoms with Crippen LogP contribution >= 0.6 is 0 Å². The van der Waals surface area contributed by atoms with Crippen LogP contribution in [0.1, 0.15) is 52.7 Å². The Morgan fingerprint density at radius 3 is 2.53 bits per heavy atom. The molecule has 0 spiro atoms. The van der Waals surface area contributed by atoms with E-state index < -0.39 is 11.6 Å². The number of hydrogen-bond acceptors (Lipinski definition) is 2. The third-order valence-electron chi connectivity index (χ3n) is 7.69. The Morgan fingerprint density at radius 1 is 0.906 bits per heavy atom. The molecule has 5 heteroatoms. The van der Waals surface area contributed by atoms with E-state index in [1.54, 1.807) is 6.07 Å². The molecule has 1 aliphatic heterocycles. The molecule has 162 valence electrons. The van der Waals surface area contributed by atoms with Gasteiger partial charge in [0.1, 0.15) is 0 Å². The second kappa shape index (κ2) is 7.44. The first kappa shape index (κ1) is 19.5. The van der Waals surface area contributed by atoms with Gasteiger partial charge in [0.25, 0.3) is 5.91 Å². The first-order valence-corrected chi connectivity index (χ1v) is 11.3. The molecule has 0 aromatic heterocycles. The molecule has 2 fully saturated rings. The van der Waals surface area contributed by atoms with Crippen molar-refractivity contribution < 1.29 is 13.6 Å². The van der Waals surface area contributed by atoms with E-state index in [-0.39, 0.29) is 17.6 Å². The van der Waals surface area contributed by atoms with E-state index in [2.05, 4.69) is 41.0 Å². The van der Waals surface area contributed by atoms with Crippen molar-refractivity contribution in [2.45, 2.75) is 31.2 Å². The largest absolute Gasteiger partial charge is 0.378 e. The SMILES string of the molecule is O=C(Nc1ccc(F)c(F)c1)c1ccc2c(c1)[C@@H]1[C@H]3CC[C@@H](C3)[C@H]1[C@H](c1ccccc1)N2. The van der Waals surface area contributed by atoms with Crippen LogP contribution in [0.3, 0.4) is 0 Å². The zero-order valence-corrected chi connectivity index (χ0v) is 17.5. The van der Waals surface area contributed by atoms with Gasteiger partial charge >= 0.3 is 0 Å². The lowest BCUT2D eigenvalue weighted by Gasteiger charge is -2.43. The number of carbonyl (C=O) groups excluding carboxylic acids is 1. The highest BCUT2D eigenvalue weighted by Crippen LogP contribution is 2.63. The maximum atomic E-state index is 13.5. The Hall–Kier alpha value is -3.21. The molecule has 3 aliphatic rings. The molecule has 0 unspecified atom stereocenters. The monoisotopic (exact) mass is 430 g/mol. The summed E-state index contributed by atoms with van der Waals surface area (Å²) in [6.45, 7) is 0. The molecule has 6 rings (SSSR count). The number of amides is 1. The van der Waals surface area contributed by atoms with Crippen LogP contribution in [0.2, 0.25) is 0 Å². The molecule has 2 N–H and O–H groups in total. The van der Waals surface area contributed by atoms with Crippen molar-refractivity contribution in [1.82, 2.24) is 0 Å². The van der Waals surface area contributed by atoms with E-state index in [1.165, 1.54) is 36.5 Å². The topological polar surface area (TPSA) is 41.1 Å². The van der Waals surface area contributed by atoms with Gasteiger partial charge in [-0.2, -0.15) is 0 Å². The Balaban J connectivity index is 1.34. The van der Waals surface area contributed by atoms with Crippen molar-refractivity contribution in [1.29, 1.82) is 0 Å². The highest BCUT2D eigenvalue weighted by atomic mass is 19.2. The van der Waals surface area contributed by atoms with E-state index in [0.717, 1.165) is 17.8 Å². The fraction of sp³-hybridized carbons (Fsp3) is 0.296. The maximum Gasteiger partial charge on any atom is 0.255 e. The van der Waals surface area contributed by atoms with Crippen LogP contribution in [-0.2, 0) is 0 Å². The quantitative estimate of drug-likeness (QED) is 0.497. The second-order valence-corrected chi connectivity index (χ2v) is 9.35. The first-order valence-electron chi connectivity index (χ1n) is 11.3. The van der Waals surface area contributed by atoms with Crippen molar-refractivity contribution >= 4 is 17.3 Å². The average molecular weight is 430 g/mol. The van der Waals surface area contributed by atoms with Crippen LogP contribution in [-0.4, -0.2) is 5.91 Å². The standard InChI is InChI=1S/C27H24F2N2O/c28-21-10-9-19(14-22(21)29)30-27(32)18-8-11-23-20(13-18)24-16-6-7-17(12-16)25(24)26(31-23)15-4-2-1-3-5-15/h1-5,8-11,13-14,16-17,24-26,31H,6-7,12H2,(H,30,32)/t16-,17-,24-,25+,26-/m0/s1. The van der Waals surface area contributed by atoms with Gasteiger partial charge in [0, 0.05) is 23.0 Å². The van der Waals surface area contributed by atoms with Gasteiger partial charge in [-0.05, 0) is 84.4 Å². The van der Waals surface area contributed by atoms with E-state index in [1.807, 2.05) is 12.1 Å². The lowest BCUT2D eigenvalue weighted by Crippen LogP contribution is -2.35. The Bertz CT molecular complexity index is 1200. The van der Waals surface area contributed by atoms with Gasteiger partial charge in [0.05, 0.1) is 6.04 Å². The molecule has 5 atom stereocenters. The molecule has 3 nitrogen and oxygen atoms in total. The summed E-state index contributed by atoms with van der Waals surface area (Å²) >= 11 is 0. The normalized spacial score (nSPS) is 27.4. The van der Waals surface area contributed by atoms with Crippen LogP contribution in [0.4, 0.5) is 20.2 Å². The van der Waals surface area contributed by atoms with Crippen molar-refractivity contribution in [2.24, 2.45) is 17.8 Å². The number of benzene rings is 3. The van der Waals surface area contributed by atoms with Crippen molar-refractivity contribution in [3.05, 3.63) is 95.1 Å². The summed E-state index contributed by atoms with van der Waals surface area (Å²) in [6.07, 6.45) is 3.78. The van der Waals surface area contributed by atoms with E-state index in [9.17, 15) is 13.6 Å². The molecule has 2 bridgehead atoms. The lowest BCUT2D eigenvalue weighted by molar-refractivity contribution is 0.102. The third kappa shape index (κ3) is 3.10. The number of nitrogens with one attached hydrogen (secondary N) is 2. The van der Waals surface area contributed by atoms with E-state index in [0.29, 0.717) is 29.2 Å². The summed E-state index contributed by atoms with van der Waals surface area (Å²) in [7, 11) is 0. The number of anilines is 2. The average Bonchev–Trinajstić information content (AvgIpc) is 3.44. The van der Waals surface area contributed by atoms with E-state index in [4.69, 9.17) is 0 Å². The van der Waals surface area contributed by atoms with Gasteiger partial charge < -0.3 is 10.6 Å². The number of carbonyl (C=O) groups is 1. The van der Waals surface area contributed by atoms with Crippen LogP contribution in [0.25, 0.3) is 0 Å². The highest BCUT2D eigenvalue weighted by molar-refractivity contribution is 6.04. The van der Waals surface area contributed by atoms with Crippen LogP contribution < -0.4 is 10.6 Å². The molecular formula is C27H24F2N2O. The summed E-state index contributed by atoms with van der Waals surface area (Å²) < 4.78 is 26.7. The molecule has 1 amide bonds. The summed E-state index contributed by atoms with van der Waals surface area (Å²) in [5.74, 6) is 0.0903. The minimum atomic E-state index is -0.978. The third-order valence-corrected chi connectivity index (χ3v) is 7.69. The minimum Gasteiger partial charge on any atom is -0.378 e. The van der Waals surface area contributed by atoms with E-state index >= 15 is 0 Å². The molecule has 3 aromatic carbocycles. The van der Waals surface area contributed by atoms with Crippen molar-refractivity contribution in [2.75, 3.05) is 10.6 Å². The van der Waals surface area contributed by atoms with Crippen LogP contribution in [0.5, 0.6) is 0 Å². The van der Waals surface area contributed by atoms with Gasteiger partial charge in [-0.15, -0.1) is 0 Å². The molecule has 2 aliphatic carbocycles. The summed E-state index contributed by atoms with van der Waals surface area (Å²) in [5.41, 5.74) is 4.41. The number of hydrogen-bond donors (Lipinski definition) is 2. The van der Waals surface area contributed by atoms with Crippen LogP contribution in [0.15, 0.2) is 66.7 Å². The molecule has 0 saturated heterocycles. The van der Waals surface area contributed by atoms with Crippen LogP contribution in [0, 0.1) is 29.4 Å². The highest BCUT2D eigenvalue weighted by Gasteiger charge is 2.53. The summed E-state index contributed by atoms with van der Waals surface area (Å²) in [4.78, 5) is 12.9. The second-order valence-electron chi connectivity index (χ2n) is 9.35. The zero-order valence-electron chi connectivity index (χ0n) is 17.5. The molecular weight excluding hydrogens is 406 g/mol. The Labute approximate surface area is 185 Å². The lowest BCUT2D eigenvalue weighted by atomic mass is 9.68. The molecule has 3 aromatic rings. The zero-order chi connectivity index (χ0) is 21.8. The van der Waals surface area contributed by atoms with Gasteiger partial charge in [0.2, 0.25) is 0 Å². The maximum absolute atomic E-state index is 13.5. The smallest absolute Gasteiger partial charge is 0.255 e. The predicted octanol–water partition coefficient (Wildman–Crippen LogP) is 6.51. The molecule has 0 radical (unpaired) electrons. The number of halogens is 2. The molecule has 2 saturated carbocycles. The Morgan fingerprint density at radius 2 is 1.72 bits per heavy atom. The molecule has 32 heavy (non-hydrogen) atoms. The van der Waals surface area contributed by atoms with Gasteiger partial charge in [-0.3, -0.25) is 4.79 Å². The summed E-state index contributed by atoms with van der Waals surface area (Å²) in [6, 6.07) is 20.1. The number of fused-ring (bicyclic) bond motifs is 7. The first-order chi connectivity index (χ1) is 15.6. The number of rotatable bonds is 3. The van der Waals surface area contributed by atoms with Crippen molar-refractivity contribution in [3.8, 4) is 0 Å². The van der Waals surface area contributed by atoms with Gasteiger partial charge in [0.15, 0.2) is 11.6 Å². The van der Waals surface area contributed by atoms with Gasteiger partial charge in [-0.25, -0.2) is 8.78 Å². The fourth-order valence-corrected chi connectivity index (χ4v) is 6.39. The van der Waals surface area contributed by atoms with Gasteiger partial charge in [-0.1, -0.05) is 30.3 Å². The minimum absolute atomic E-state index is 0.242. The fourth-order valence-electron chi connectivity index (χ4n) is 6.39. The summed E-state index contributed by atoms with van der Waals surface area (Å²) in [5, 5.41) is 6.47. The molecule has 1 heterocycles. The Kier molecular flexibility index (Phi) is 4.53. The van der Waals surface area contributed by atoms with Crippen molar-refractivity contribution in [3.63, 3.8) is 0 Å².